The Labute approximate surface area is 112 Å². The van der Waals surface area contributed by atoms with Gasteiger partial charge in [0, 0.05) is 18.2 Å². The average Bonchev–Trinajstić information content (AvgIpc) is 2.46. The zero-order chi connectivity index (χ0) is 13.7. The third kappa shape index (κ3) is 3.86. The van der Waals surface area contributed by atoms with Crippen molar-refractivity contribution in [2.24, 2.45) is 0 Å². The standard InChI is InChI=1S/C16H17F2N/c1-12(14-5-3-2-4-6-14)19-11-13-7-9-15(10-8-13)16(17)18/h2-10,12,16,19H,11H2,1H3. The Balaban J connectivity index is 1.92. The zero-order valence-corrected chi connectivity index (χ0v) is 10.8. The van der Waals surface area contributed by atoms with Gasteiger partial charge in [-0.3, -0.25) is 0 Å². The number of halogens is 2. The van der Waals surface area contributed by atoms with Crippen LogP contribution in [0.2, 0.25) is 0 Å². The lowest BCUT2D eigenvalue weighted by atomic mass is 10.1. The van der Waals surface area contributed by atoms with Crippen LogP contribution in [0.4, 0.5) is 8.78 Å². The lowest BCUT2D eigenvalue weighted by Crippen LogP contribution is -2.17. The molecule has 0 aliphatic rings. The number of rotatable bonds is 5. The van der Waals surface area contributed by atoms with Crippen molar-refractivity contribution in [1.82, 2.24) is 5.32 Å². The Kier molecular flexibility index (Phi) is 4.63. The van der Waals surface area contributed by atoms with Gasteiger partial charge in [-0.15, -0.1) is 0 Å². The van der Waals surface area contributed by atoms with Crippen LogP contribution < -0.4 is 5.32 Å². The molecule has 2 rings (SSSR count). The molecular formula is C16H17F2N. The number of alkyl halides is 2. The van der Waals surface area contributed by atoms with E-state index in [1.165, 1.54) is 17.7 Å². The van der Waals surface area contributed by atoms with E-state index in [2.05, 4.69) is 24.4 Å². The van der Waals surface area contributed by atoms with Crippen molar-refractivity contribution in [2.75, 3.05) is 0 Å². The van der Waals surface area contributed by atoms with Crippen LogP contribution in [0.25, 0.3) is 0 Å². The van der Waals surface area contributed by atoms with E-state index in [4.69, 9.17) is 0 Å². The van der Waals surface area contributed by atoms with E-state index in [1.54, 1.807) is 12.1 Å². The molecule has 0 radical (unpaired) electrons. The van der Waals surface area contributed by atoms with Crippen LogP contribution in [0.1, 0.15) is 36.1 Å². The van der Waals surface area contributed by atoms with Crippen molar-refractivity contribution in [2.45, 2.75) is 25.9 Å². The minimum absolute atomic E-state index is 0.0693. The molecule has 0 aromatic heterocycles. The molecule has 0 fully saturated rings. The van der Waals surface area contributed by atoms with Gasteiger partial charge in [0.15, 0.2) is 0 Å². The highest BCUT2D eigenvalue weighted by atomic mass is 19.3. The molecule has 19 heavy (non-hydrogen) atoms. The molecule has 0 bridgehead atoms. The van der Waals surface area contributed by atoms with Gasteiger partial charge in [0.2, 0.25) is 0 Å². The van der Waals surface area contributed by atoms with E-state index in [0.29, 0.717) is 6.54 Å². The fraction of sp³-hybridized carbons (Fsp3) is 0.250. The lowest BCUT2D eigenvalue weighted by Gasteiger charge is -2.14. The molecule has 3 heteroatoms. The Morgan fingerprint density at radius 3 is 2.11 bits per heavy atom. The Hall–Kier alpha value is -1.74. The first kappa shape index (κ1) is 13.7. The maximum Gasteiger partial charge on any atom is 0.263 e. The van der Waals surface area contributed by atoms with Gasteiger partial charge in [-0.05, 0) is 18.1 Å². The number of benzene rings is 2. The molecular weight excluding hydrogens is 244 g/mol. The summed E-state index contributed by atoms with van der Waals surface area (Å²) in [5.74, 6) is 0. The summed E-state index contributed by atoms with van der Waals surface area (Å²) in [7, 11) is 0. The highest BCUT2D eigenvalue weighted by Crippen LogP contribution is 2.19. The summed E-state index contributed by atoms with van der Waals surface area (Å²) in [5.41, 5.74) is 2.29. The van der Waals surface area contributed by atoms with Crippen molar-refractivity contribution < 1.29 is 8.78 Å². The van der Waals surface area contributed by atoms with Gasteiger partial charge in [-0.1, -0.05) is 54.6 Å². The van der Waals surface area contributed by atoms with Gasteiger partial charge in [0.25, 0.3) is 6.43 Å². The van der Waals surface area contributed by atoms with E-state index in [1.807, 2.05) is 18.2 Å². The summed E-state index contributed by atoms with van der Waals surface area (Å²) in [6.45, 7) is 2.75. The van der Waals surface area contributed by atoms with E-state index >= 15 is 0 Å². The van der Waals surface area contributed by atoms with E-state index in [9.17, 15) is 8.78 Å². The normalized spacial score (nSPS) is 12.6. The fourth-order valence-electron chi connectivity index (χ4n) is 1.91. The van der Waals surface area contributed by atoms with Crippen LogP contribution in [0, 0.1) is 0 Å². The van der Waals surface area contributed by atoms with Gasteiger partial charge in [0.05, 0.1) is 0 Å². The second kappa shape index (κ2) is 6.43. The zero-order valence-electron chi connectivity index (χ0n) is 10.8. The fourth-order valence-corrected chi connectivity index (χ4v) is 1.91. The summed E-state index contributed by atoms with van der Waals surface area (Å²) in [6, 6.07) is 16.8. The number of hydrogen-bond donors (Lipinski definition) is 1. The van der Waals surface area contributed by atoms with Gasteiger partial charge < -0.3 is 5.32 Å². The van der Waals surface area contributed by atoms with Crippen molar-refractivity contribution >= 4 is 0 Å². The van der Waals surface area contributed by atoms with E-state index in [0.717, 1.165) is 5.56 Å². The van der Waals surface area contributed by atoms with Crippen molar-refractivity contribution in [3.63, 3.8) is 0 Å². The van der Waals surface area contributed by atoms with Crippen LogP contribution in [0.3, 0.4) is 0 Å². The molecule has 100 valence electrons. The summed E-state index contributed by atoms with van der Waals surface area (Å²) >= 11 is 0. The highest BCUT2D eigenvalue weighted by Gasteiger charge is 2.07. The van der Waals surface area contributed by atoms with Crippen LogP contribution in [-0.2, 0) is 6.54 Å². The molecule has 0 amide bonds. The van der Waals surface area contributed by atoms with Crippen LogP contribution >= 0.6 is 0 Å². The van der Waals surface area contributed by atoms with Crippen molar-refractivity contribution in [1.29, 1.82) is 0 Å². The first-order valence-electron chi connectivity index (χ1n) is 6.32. The Morgan fingerprint density at radius 2 is 1.53 bits per heavy atom. The van der Waals surface area contributed by atoms with Crippen LogP contribution in [-0.4, -0.2) is 0 Å². The second-order valence-corrected chi connectivity index (χ2v) is 4.56. The van der Waals surface area contributed by atoms with Gasteiger partial charge in [0.1, 0.15) is 0 Å². The molecule has 2 aromatic rings. The van der Waals surface area contributed by atoms with E-state index in [-0.39, 0.29) is 11.6 Å². The maximum absolute atomic E-state index is 12.4. The van der Waals surface area contributed by atoms with Crippen molar-refractivity contribution in [3.05, 3.63) is 71.3 Å². The smallest absolute Gasteiger partial charge is 0.263 e. The maximum atomic E-state index is 12.4. The first-order valence-corrected chi connectivity index (χ1v) is 6.32. The topological polar surface area (TPSA) is 12.0 Å². The van der Waals surface area contributed by atoms with Gasteiger partial charge in [-0.2, -0.15) is 0 Å². The summed E-state index contributed by atoms with van der Waals surface area (Å²) in [6.07, 6.45) is -2.40. The molecule has 0 saturated heterocycles. The third-order valence-corrected chi connectivity index (χ3v) is 3.14. The lowest BCUT2D eigenvalue weighted by molar-refractivity contribution is 0.151. The molecule has 2 aromatic carbocycles. The Bertz CT molecular complexity index is 494. The van der Waals surface area contributed by atoms with Crippen LogP contribution in [0.15, 0.2) is 54.6 Å². The molecule has 1 unspecified atom stereocenters. The van der Waals surface area contributed by atoms with Gasteiger partial charge >= 0.3 is 0 Å². The molecule has 0 heterocycles. The minimum atomic E-state index is -2.40. The highest BCUT2D eigenvalue weighted by molar-refractivity contribution is 5.24. The molecule has 1 atom stereocenters. The second-order valence-electron chi connectivity index (χ2n) is 4.56. The largest absolute Gasteiger partial charge is 0.306 e. The Morgan fingerprint density at radius 1 is 0.895 bits per heavy atom. The first-order chi connectivity index (χ1) is 9.16. The van der Waals surface area contributed by atoms with Crippen LogP contribution in [0.5, 0.6) is 0 Å². The minimum Gasteiger partial charge on any atom is -0.306 e. The quantitative estimate of drug-likeness (QED) is 0.837. The molecule has 0 aliphatic heterocycles. The molecule has 0 spiro atoms. The predicted octanol–water partition coefficient (Wildman–Crippen LogP) is 4.48. The summed E-state index contributed by atoms with van der Waals surface area (Å²) in [4.78, 5) is 0. The molecule has 1 N–H and O–H groups in total. The average molecular weight is 261 g/mol. The molecule has 0 saturated carbocycles. The SMILES string of the molecule is CC(NCc1ccc(C(F)F)cc1)c1ccccc1. The van der Waals surface area contributed by atoms with Gasteiger partial charge in [-0.25, -0.2) is 8.78 Å². The summed E-state index contributed by atoms with van der Waals surface area (Å²) in [5, 5.41) is 3.38. The molecule has 0 aliphatic carbocycles. The number of hydrogen-bond acceptors (Lipinski definition) is 1. The van der Waals surface area contributed by atoms with Crippen molar-refractivity contribution in [3.8, 4) is 0 Å². The molecule has 1 nitrogen and oxygen atoms in total. The van der Waals surface area contributed by atoms with E-state index < -0.39 is 6.43 Å². The predicted molar refractivity (Wildman–Crippen MR) is 73.1 cm³/mol. The summed E-state index contributed by atoms with van der Waals surface area (Å²) < 4.78 is 24.8. The monoisotopic (exact) mass is 261 g/mol. The number of nitrogens with one attached hydrogen (secondary N) is 1. The third-order valence-electron chi connectivity index (χ3n) is 3.14.